The molecule has 0 saturated carbocycles. The molecule has 1 aromatic heterocycles. The summed E-state index contributed by atoms with van der Waals surface area (Å²) in [5.41, 5.74) is -0.391. The predicted octanol–water partition coefficient (Wildman–Crippen LogP) is 1.25. The lowest BCUT2D eigenvalue weighted by Crippen LogP contribution is -2.56. The molecule has 2 aliphatic heterocycles. The van der Waals surface area contributed by atoms with Crippen LogP contribution in [0.5, 0.6) is 0 Å². The predicted molar refractivity (Wildman–Crippen MR) is 98.9 cm³/mol. The van der Waals surface area contributed by atoms with E-state index in [2.05, 4.69) is 4.98 Å². The third kappa shape index (κ3) is 4.30. The number of nitrogens with zero attached hydrogens (tertiary/aromatic N) is 5. The van der Waals surface area contributed by atoms with Crippen LogP contribution in [0.25, 0.3) is 0 Å². The Morgan fingerprint density at radius 2 is 1.94 bits per heavy atom. The van der Waals surface area contributed by atoms with Gasteiger partial charge in [0.1, 0.15) is 5.69 Å². The molecule has 31 heavy (non-hydrogen) atoms. The molecule has 11 nitrogen and oxygen atoms in total. The summed E-state index contributed by atoms with van der Waals surface area (Å²) < 4.78 is 38.4. The van der Waals surface area contributed by atoms with Crippen molar-refractivity contribution in [2.45, 2.75) is 25.2 Å². The topological polar surface area (TPSA) is 140 Å². The Morgan fingerprint density at radius 1 is 1.26 bits per heavy atom. The molecule has 1 atom stereocenters. The van der Waals surface area contributed by atoms with Crippen molar-refractivity contribution < 1.29 is 37.9 Å². The van der Waals surface area contributed by atoms with E-state index in [0.29, 0.717) is 4.90 Å². The van der Waals surface area contributed by atoms with Crippen molar-refractivity contribution in [2.75, 3.05) is 37.7 Å². The van der Waals surface area contributed by atoms with Crippen LogP contribution in [-0.2, 0) is 17.8 Å². The number of nitro groups is 1. The van der Waals surface area contributed by atoms with E-state index < -0.39 is 53.1 Å². The van der Waals surface area contributed by atoms with Crippen molar-refractivity contribution in [1.29, 1.82) is 0 Å². The number of alkyl halides is 3. The van der Waals surface area contributed by atoms with Gasteiger partial charge in [0.15, 0.2) is 0 Å². The van der Waals surface area contributed by atoms with Gasteiger partial charge in [-0.05, 0) is 6.42 Å². The molecule has 1 aromatic rings. The highest BCUT2D eigenvalue weighted by Crippen LogP contribution is 2.42. The smallest absolute Gasteiger partial charge is 0.465 e. The minimum atomic E-state index is -5.08. The summed E-state index contributed by atoms with van der Waals surface area (Å²) in [5.74, 6) is -2.06. The highest BCUT2D eigenvalue weighted by molar-refractivity contribution is 6.32. The number of piperazine rings is 1. The number of fused-ring (bicyclic) bond motifs is 1. The first-order valence-corrected chi connectivity index (χ1v) is 9.40. The lowest BCUT2D eigenvalue weighted by molar-refractivity contribution is -0.384. The fourth-order valence-corrected chi connectivity index (χ4v) is 4.08. The number of hydrogen-bond acceptors (Lipinski definition) is 7. The zero-order valence-corrected chi connectivity index (χ0v) is 16.6. The van der Waals surface area contributed by atoms with Crippen LogP contribution in [0.15, 0.2) is 0 Å². The number of halogens is 4. The Kier molecular flexibility index (Phi) is 6.14. The third-order valence-corrected chi connectivity index (χ3v) is 5.49. The first-order valence-electron chi connectivity index (χ1n) is 9.02. The maximum absolute atomic E-state index is 12.8. The van der Waals surface area contributed by atoms with E-state index in [4.69, 9.17) is 11.6 Å². The molecule has 0 aromatic carbocycles. The van der Waals surface area contributed by atoms with Gasteiger partial charge < -0.3 is 24.9 Å². The number of carboxylic acid groups (broad SMARTS) is 1. The number of aliphatic hydroxyl groups is 1. The van der Waals surface area contributed by atoms with Crippen molar-refractivity contribution in [1.82, 2.24) is 14.8 Å². The Labute approximate surface area is 177 Å². The number of carbonyl (C=O) groups is 2. The molecule has 1 unspecified atom stereocenters. The van der Waals surface area contributed by atoms with Gasteiger partial charge in [-0.2, -0.15) is 13.2 Å². The van der Waals surface area contributed by atoms with Crippen LogP contribution in [0, 0.1) is 10.1 Å². The Morgan fingerprint density at radius 3 is 2.48 bits per heavy atom. The Balaban J connectivity index is 2.06. The van der Waals surface area contributed by atoms with E-state index in [1.165, 1.54) is 4.90 Å². The van der Waals surface area contributed by atoms with Gasteiger partial charge in [0.05, 0.1) is 29.8 Å². The van der Waals surface area contributed by atoms with E-state index >= 15 is 0 Å². The second-order valence-corrected chi connectivity index (χ2v) is 7.37. The number of pyridine rings is 1. The molecular weight excluding hydrogens is 451 g/mol. The molecule has 2 N–H and O–H groups in total. The summed E-state index contributed by atoms with van der Waals surface area (Å²) in [7, 11) is 0. The standard InChI is InChI=1S/C16H17ClF3N5O6/c17-13-12(25(30)31)11(24-4-3-23(15(28)29)5-8(24)7-26)9-1-2-22(6-10(9)21-13)14(27)16(18,19)20/h8,26H,1-7H2,(H,28,29). The summed E-state index contributed by atoms with van der Waals surface area (Å²) in [6, 6.07) is -0.846. The first kappa shape index (κ1) is 22.8. The largest absolute Gasteiger partial charge is 0.471 e. The zero-order chi connectivity index (χ0) is 23.1. The molecule has 1 saturated heterocycles. The summed E-state index contributed by atoms with van der Waals surface area (Å²) in [6.07, 6.45) is -6.46. The highest BCUT2D eigenvalue weighted by atomic mass is 35.5. The van der Waals surface area contributed by atoms with Crippen molar-refractivity contribution >= 4 is 35.0 Å². The summed E-state index contributed by atoms with van der Waals surface area (Å²) in [6.45, 7) is -1.60. The maximum Gasteiger partial charge on any atom is 0.471 e. The highest BCUT2D eigenvalue weighted by Gasteiger charge is 2.45. The van der Waals surface area contributed by atoms with Gasteiger partial charge in [0.25, 0.3) is 0 Å². The van der Waals surface area contributed by atoms with Gasteiger partial charge in [-0.15, -0.1) is 0 Å². The van der Waals surface area contributed by atoms with Crippen LogP contribution < -0.4 is 4.90 Å². The van der Waals surface area contributed by atoms with Crippen LogP contribution in [0.4, 0.5) is 29.3 Å². The number of anilines is 1. The molecule has 3 heterocycles. The van der Waals surface area contributed by atoms with E-state index in [9.17, 15) is 43.1 Å². The van der Waals surface area contributed by atoms with Gasteiger partial charge >= 0.3 is 23.9 Å². The molecule has 170 valence electrons. The maximum atomic E-state index is 12.8. The Hall–Kier alpha value is -2.87. The lowest BCUT2D eigenvalue weighted by atomic mass is 9.99. The van der Waals surface area contributed by atoms with E-state index in [1.807, 2.05) is 0 Å². The number of rotatable bonds is 3. The number of aliphatic hydroxyl groups excluding tert-OH is 1. The van der Waals surface area contributed by atoms with Crippen molar-refractivity contribution in [3.8, 4) is 0 Å². The van der Waals surface area contributed by atoms with Gasteiger partial charge in [0, 0.05) is 31.7 Å². The second-order valence-electron chi connectivity index (χ2n) is 7.02. The number of hydrogen-bond donors (Lipinski definition) is 2. The molecule has 3 rings (SSSR count). The summed E-state index contributed by atoms with van der Waals surface area (Å²) in [5, 5.41) is 30.1. The van der Waals surface area contributed by atoms with Crippen LogP contribution in [0.1, 0.15) is 11.3 Å². The summed E-state index contributed by atoms with van der Waals surface area (Å²) in [4.78, 5) is 40.7. The van der Waals surface area contributed by atoms with Crippen molar-refractivity contribution in [3.63, 3.8) is 0 Å². The molecule has 2 aliphatic rings. The third-order valence-electron chi connectivity index (χ3n) is 5.22. The van der Waals surface area contributed by atoms with Crippen molar-refractivity contribution in [3.05, 3.63) is 26.5 Å². The van der Waals surface area contributed by atoms with Gasteiger partial charge in [-0.1, -0.05) is 11.6 Å². The molecule has 0 aliphatic carbocycles. The molecule has 1 fully saturated rings. The Bertz CT molecular complexity index is 930. The average Bonchev–Trinajstić information content (AvgIpc) is 2.70. The number of amides is 2. The van der Waals surface area contributed by atoms with Crippen LogP contribution in [-0.4, -0.2) is 86.9 Å². The minimum Gasteiger partial charge on any atom is -0.465 e. The fourth-order valence-electron chi connectivity index (χ4n) is 3.82. The van der Waals surface area contributed by atoms with E-state index in [1.54, 1.807) is 0 Å². The van der Waals surface area contributed by atoms with Gasteiger partial charge in [0.2, 0.25) is 5.15 Å². The van der Waals surface area contributed by atoms with Crippen LogP contribution >= 0.6 is 11.6 Å². The number of aromatic nitrogens is 1. The normalized spacial score (nSPS) is 19.3. The van der Waals surface area contributed by atoms with Crippen molar-refractivity contribution in [2.24, 2.45) is 0 Å². The molecule has 0 radical (unpaired) electrons. The molecule has 0 bridgehead atoms. The van der Waals surface area contributed by atoms with Crippen LogP contribution in [0.2, 0.25) is 5.15 Å². The van der Waals surface area contributed by atoms with Gasteiger partial charge in [-0.25, -0.2) is 9.78 Å². The second kappa shape index (κ2) is 8.34. The van der Waals surface area contributed by atoms with Crippen LogP contribution in [0.3, 0.4) is 0 Å². The SMILES string of the molecule is O=C(O)N1CCN(c2c3c(nc(Cl)c2[N+](=O)[O-])CN(C(=O)C(F)(F)F)CC3)C(CO)C1. The molecule has 0 spiro atoms. The van der Waals surface area contributed by atoms with Gasteiger partial charge in [-0.3, -0.25) is 14.9 Å². The molecular formula is C16H17ClF3N5O6. The monoisotopic (exact) mass is 467 g/mol. The lowest BCUT2D eigenvalue weighted by Gasteiger charge is -2.42. The average molecular weight is 468 g/mol. The summed E-state index contributed by atoms with van der Waals surface area (Å²) >= 11 is 6.00. The first-order chi connectivity index (χ1) is 14.5. The quantitative estimate of drug-likeness (QED) is 0.384. The van der Waals surface area contributed by atoms with E-state index in [-0.39, 0.29) is 49.5 Å². The number of carbonyl (C=O) groups excluding carboxylic acids is 1. The molecule has 2 amide bonds. The fraction of sp³-hybridized carbons (Fsp3) is 0.562. The minimum absolute atomic E-state index is 0.0175. The molecule has 15 heteroatoms. The van der Waals surface area contributed by atoms with E-state index in [0.717, 1.165) is 4.90 Å². The zero-order valence-electron chi connectivity index (χ0n) is 15.8.